The minimum atomic E-state index is -3.31. The first-order valence-corrected chi connectivity index (χ1v) is 12.2. The van der Waals surface area contributed by atoms with E-state index >= 15 is 0 Å². The minimum Gasteiger partial charge on any atom is -0.487 e. The van der Waals surface area contributed by atoms with Crippen molar-refractivity contribution in [3.8, 4) is 5.75 Å². The van der Waals surface area contributed by atoms with Crippen LogP contribution in [0.1, 0.15) is 36.7 Å². The number of carbonyl (C=O) groups excluding carboxylic acids is 1. The Morgan fingerprint density at radius 1 is 1.00 bits per heavy atom. The number of nitrogens with one attached hydrogen (secondary N) is 1. The van der Waals surface area contributed by atoms with Crippen molar-refractivity contribution in [2.75, 3.05) is 6.26 Å². The number of hydrogen-bond donors (Lipinski definition) is 2. The molecule has 3 aromatic carbocycles. The van der Waals surface area contributed by atoms with Gasteiger partial charge in [-0.1, -0.05) is 63.2 Å². The van der Waals surface area contributed by atoms with Gasteiger partial charge in [-0.15, -0.1) is 0 Å². The van der Waals surface area contributed by atoms with E-state index in [2.05, 4.69) is 5.32 Å². The van der Waals surface area contributed by atoms with Crippen molar-refractivity contribution in [1.82, 2.24) is 5.32 Å². The van der Waals surface area contributed by atoms with Crippen LogP contribution in [0.4, 0.5) is 0 Å². The molecular formula is C25H27NO6S. The summed E-state index contributed by atoms with van der Waals surface area (Å²) in [6.07, 6.45) is 1.14. The van der Waals surface area contributed by atoms with Gasteiger partial charge in [0.15, 0.2) is 9.84 Å². The summed E-state index contributed by atoms with van der Waals surface area (Å²) in [6, 6.07) is 16.0. The van der Waals surface area contributed by atoms with Crippen LogP contribution in [0, 0.1) is 5.41 Å². The summed E-state index contributed by atoms with van der Waals surface area (Å²) in [7, 11) is -3.31. The first kappa shape index (κ1) is 24.3. The molecule has 0 aliphatic rings. The summed E-state index contributed by atoms with van der Waals surface area (Å²) in [5.74, 6) is -1.34. The maximum atomic E-state index is 13.1. The molecule has 8 heteroatoms. The predicted octanol–water partition coefficient (Wildman–Crippen LogP) is 4.05. The summed E-state index contributed by atoms with van der Waals surface area (Å²) in [5, 5.41) is 13.8. The van der Waals surface area contributed by atoms with Crippen LogP contribution in [0.25, 0.3) is 10.8 Å². The molecule has 1 amide bonds. The lowest BCUT2D eigenvalue weighted by molar-refractivity contribution is -0.142. The Balaban J connectivity index is 1.95. The maximum Gasteiger partial charge on any atom is 0.326 e. The Hall–Kier alpha value is -3.39. The molecule has 3 rings (SSSR count). The summed E-state index contributed by atoms with van der Waals surface area (Å²) >= 11 is 0. The number of ether oxygens (including phenoxy) is 1. The lowest BCUT2D eigenvalue weighted by atomic mass is 9.86. The van der Waals surface area contributed by atoms with Crippen molar-refractivity contribution >= 4 is 32.5 Å². The lowest BCUT2D eigenvalue weighted by Crippen LogP contribution is -2.49. The van der Waals surface area contributed by atoms with Crippen LogP contribution in [-0.2, 0) is 21.2 Å². The van der Waals surface area contributed by atoms with Crippen LogP contribution in [-0.4, -0.2) is 37.7 Å². The fourth-order valence-corrected chi connectivity index (χ4v) is 4.05. The Labute approximate surface area is 193 Å². The fraction of sp³-hybridized carbons (Fsp3) is 0.280. The highest BCUT2D eigenvalue weighted by Crippen LogP contribution is 2.31. The smallest absolute Gasteiger partial charge is 0.326 e. The standard InChI is InChI=1S/C25H27NO6S/c1-25(2,3)22(24(28)29)26-23(27)20-14-11-17-7-5-6-8-19(17)21(20)32-15-16-9-12-18(13-10-16)33(4,30)31/h5-14,22H,15H2,1-4H3,(H,26,27)(H,28,29)/t22-/m1/s1. The summed E-state index contributed by atoms with van der Waals surface area (Å²) in [4.78, 5) is 25.1. The molecule has 7 nitrogen and oxygen atoms in total. The summed E-state index contributed by atoms with van der Waals surface area (Å²) in [6.45, 7) is 5.32. The van der Waals surface area contributed by atoms with E-state index in [1.54, 1.807) is 45.0 Å². The molecule has 33 heavy (non-hydrogen) atoms. The van der Waals surface area contributed by atoms with Crippen molar-refractivity contribution in [3.05, 3.63) is 71.8 Å². The second kappa shape index (κ2) is 9.23. The van der Waals surface area contributed by atoms with Crippen molar-refractivity contribution in [3.63, 3.8) is 0 Å². The molecule has 0 heterocycles. The molecule has 0 fully saturated rings. The van der Waals surface area contributed by atoms with Gasteiger partial charge in [-0.05, 0) is 34.6 Å². The Morgan fingerprint density at radius 2 is 1.64 bits per heavy atom. The zero-order valence-electron chi connectivity index (χ0n) is 19.0. The topological polar surface area (TPSA) is 110 Å². The second-order valence-electron chi connectivity index (χ2n) is 8.98. The van der Waals surface area contributed by atoms with E-state index in [1.807, 2.05) is 24.3 Å². The number of carboxylic acid groups (broad SMARTS) is 1. The number of aliphatic carboxylic acids is 1. The monoisotopic (exact) mass is 469 g/mol. The van der Waals surface area contributed by atoms with Crippen molar-refractivity contribution in [2.24, 2.45) is 5.41 Å². The number of sulfone groups is 1. The van der Waals surface area contributed by atoms with Crippen molar-refractivity contribution < 1.29 is 27.9 Å². The molecule has 2 N–H and O–H groups in total. The Bertz CT molecular complexity index is 1290. The fourth-order valence-electron chi connectivity index (χ4n) is 3.42. The Kier molecular flexibility index (Phi) is 6.78. The summed E-state index contributed by atoms with van der Waals surface area (Å²) in [5.41, 5.74) is 0.248. The number of amides is 1. The predicted molar refractivity (Wildman–Crippen MR) is 126 cm³/mol. The molecule has 0 bridgehead atoms. The number of hydrogen-bond acceptors (Lipinski definition) is 5. The molecule has 174 valence electrons. The van der Waals surface area contributed by atoms with Gasteiger partial charge in [0.25, 0.3) is 5.91 Å². The average Bonchev–Trinajstić information content (AvgIpc) is 2.74. The van der Waals surface area contributed by atoms with Crippen molar-refractivity contribution in [2.45, 2.75) is 38.3 Å². The van der Waals surface area contributed by atoms with Gasteiger partial charge in [0, 0.05) is 11.6 Å². The highest BCUT2D eigenvalue weighted by Gasteiger charge is 2.33. The molecule has 3 aromatic rings. The van der Waals surface area contributed by atoms with Gasteiger partial charge in [-0.3, -0.25) is 4.79 Å². The lowest BCUT2D eigenvalue weighted by Gasteiger charge is -2.28. The van der Waals surface area contributed by atoms with Crippen molar-refractivity contribution in [1.29, 1.82) is 0 Å². The van der Waals surface area contributed by atoms with Gasteiger partial charge in [0.1, 0.15) is 18.4 Å². The number of carboxylic acids is 1. The zero-order chi connectivity index (χ0) is 24.4. The van der Waals surface area contributed by atoms with E-state index in [0.717, 1.165) is 17.2 Å². The summed E-state index contributed by atoms with van der Waals surface area (Å²) < 4.78 is 29.4. The minimum absolute atomic E-state index is 0.0972. The second-order valence-corrected chi connectivity index (χ2v) is 11.0. The quantitative estimate of drug-likeness (QED) is 0.540. The van der Waals surface area contributed by atoms with Gasteiger partial charge in [-0.2, -0.15) is 0 Å². The molecule has 0 aromatic heterocycles. The van der Waals surface area contributed by atoms with Crippen LogP contribution in [0.3, 0.4) is 0 Å². The number of benzene rings is 3. The van der Waals surface area contributed by atoms with Gasteiger partial charge < -0.3 is 15.2 Å². The molecular weight excluding hydrogens is 442 g/mol. The largest absolute Gasteiger partial charge is 0.487 e. The normalized spacial score (nSPS) is 12.8. The number of carbonyl (C=O) groups is 2. The van der Waals surface area contributed by atoms with Crippen LogP contribution in [0.2, 0.25) is 0 Å². The molecule has 0 unspecified atom stereocenters. The zero-order valence-corrected chi connectivity index (χ0v) is 19.8. The molecule has 0 radical (unpaired) electrons. The van der Waals surface area contributed by atoms with Gasteiger partial charge in [0.2, 0.25) is 0 Å². The molecule has 0 saturated heterocycles. The third-order valence-electron chi connectivity index (χ3n) is 5.25. The van der Waals surface area contributed by atoms with E-state index in [-0.39, 0.29) is 17.1 Å². The van der Waals surface area contributed by atoms with Crippen LogP contribution in [0.5, 0.6) is 5.75 Å². The van der Waals surface area contributed by atoms with Crippen LogP contribution >= 0.6 is 0 Å². The first-order valence-electron chi connectivity index (χ1n) is 10.3. The van der Waals surface area contributed by atoms with E-state index < -0.39 is 33.2 Å². The molecule has 0 aliphatic heterocycles. The SMILES string of the molecule is CC(C)(C)[C@H](NC(=O)c1ccc2ccccc2c1OCc1ccc(S(C)(=O)=O)cc1)C(=O)O. The first-order chi connectivity index (χ1) is 15.4. The van der Waals surface area contributed by atoms with Gasteiger partial charge in [0.05, 0.1) is 10.5 Å². The van der Waals surface area contributed by atoms with E-state index in [1.165, 1.54) is 12.1 Å². The van der Waals surface area contributed by atoms with E-state index in [4.69, 9.17) is 4.74 Å². The van der Waals surface area contributed by atoms with E-state index in [0.29, 0.717) is 11.1 Å². The van der Waals surface area contributed by atoms with Crippen LogP contribution < -0.4 is 10.1 Å². The average molecular weight is 470 g/mol. The molecule has 0 saturated carbocycles. The number of fused-ring (bicyclic) bond motifs is 1. The third-order valence-corrected chi connectivity index (χ3v) is 6.38. The molecule has 1 atom stereocenters. The highest BCUT2D eigenvalue weighted by molar-refractivity contribution is 7.90. The number of rotatable bonds is 7. The maximum absolute atomic E-state index is 13.1. The van der Waals surface area contributed by atoms with Gasteiger partial charge in [-0.25, -0.2) is 13.2 Å². The highest BCUT2D eigenvalue weighted by atomic mass is 32.2. The Morgan fingerprint density at radius 3 is 2.21 bits per heavy atom. The molecule has 0 spiro atoms. The van der Waals surface area contributed by atoms with Crippen LogP contribution in [0.15, 0.2) is 65.6 Å². The molecule has 0 aliphatic carbocycles. The third kappa shape index (κ3) is 5.70. The van der Waals surface area contributed by atoms with E-state index in [9.17, 15) is 23.1 Å². The van der Waals surface area contributed by atoms with Gasteiger partial charge >= 0.3 is 5.97 Å².